The summed E-state index contributed by atoms with van der Waals surface area (Å²) < 4.78 is 5.59. The Labute approximate surface area is 91.5 Å². The third kappa shape index (κ3) is 3.18. The monoisotopic (exact) mass is 214 g/mol. The summed E-state index contributed by atoms with van der Waals surface area (Å²) in [5.74, 6) is -0.158. The van der Waals surface area contributed by atoms with Gasteiger partial charge in [0.05, 0.1) is 5.41 Å². The lowest BCUT2D eigenvalue weighted by molar-refractivity contribution is -0.171. The van der Waals surface area contributed by atoms with Gasteiger partial charge in [0, 0.05) is 19.4 Å². The summed E-state index contributed by atoms with van der Waals surface area (Å²) in [6.45, 7) is 7.74. The largest absolute Gasteiger partial charge is 0.457 e. The van der Waals surface area contributed by atoms with Crippen molar-refractivity contribution in [2.24, 2.45) is 11.1 Å². The van der Waals surface area contributed by atoms with Gasteiger partial charge < -0.3 is 15.8 Å². The van der Waals surface area contributed by atoms with Crippen LogP contribution in [0.1, 0.15) is 33.6 Å². The van der Waals surface area contributed by atoms with Gasteiger partial charge in [-0.2, -0.15) is 0 Å². The summed E-state index contributed by atoms with van der Waals surface area (Å²) in [4.78, 5) is 11.8. The highest BCUT2D eigenvalue weighted by atomic mass is 16.6. The molecule has 1 fully saturated rings. The molecule has 88 valence electrons. The lowest BCUT2D eigenvalue weighted by Crippen LogP contribution is -2.51. The first-order valence-electron chi connectivity index (χ1n) is 5.54. The van der Waals surface area contributed by atoms with Gasteiger partial charge in [0.15, 0.2) is 0 Å². The molecule has 0 bridgehead atoms. The molecule has 0 radical (unpaired) electrons. The number of nitrogens with two attached hydrogens (primary N) is 1. The Morgan fingerprint density at radius 3 is 2.33 bits per heavy atom. The summed E-state index contributed by atoms with van der Waals surface area (Å²) in [6.07, 6.45) is 1.62. The van der Waals surface area contributed by atoms with Gasteiger partial charge in [0.2, 0.25) is 0 Å². The second-order valence-electron chi connectivity index (χ2n) is 5.28. The van der Waals surface area contributed by atoms with Crippen LogP contribution in [-0.4, -0.2) is 31.2 Å². The van der Waals surface area contributed by atoms with Crippen LogP contribution < -0.4 is 11.1 Å². The Hall–Kier alpha value is -0.610. The predicted molar refractivity (Wildman–Crippen MR) is 59.4 cm³/mol. The first-order chi connectivity index (χ1) is 6.90. The summed E-state index contributed by atoms with van der Waals surface area (Å²) in [5.41, 5.74) is 4.84. The fourth-order valence-corrected chi connectivity index (χ4v) is 1.58. The second-order valence-corrected chi connectivity index (χ2v) is 5.28. The minimum atomic E-state index is -0.451. The molecule has 4 heteroatoms. The molecular formula is C11H22N2O2. The van der Waals surface area contributed by atoms with Crippen LogP contribution in [0.5, 0.6) is 0 Å². The van der Waals surface area contributed by atoms with Crippen LogP contribution in [-0.2, 0) is 9.53 Å². The van der Waals surface area contributed by atoms with Crippen molar-refractivity contribution in [2.75, 3.05) is 19.6 Å². The molecule has 0 aromatic heterocycles. The first kappa shape index (κ1) is 12.5. The zero-order valence-corrected chi connectivity index (χ0v) is 9.93. The number of ether oxygens (including phenoxy) is 1. The quantitative estimate of drug-likeness (QED) is 0.663. The van der Waals surface area contributed by atoms with Crippen molar-refractivity contribution >= 4 is 5.97 Å². The average Bonchev–Trinajstić information content (AvgIpc) is 2.18. The lowest BCUT2D eigenvalue weighted by Gasteiger charge is -2.37. The fraction of sp³-hybridized carbons (Fsp3) is 0.909. The van der Waals surface area contributed by atoms with Crippen LogP contribution in [0.25, 0.3) is 0 Å². The van der Waals surface area contributed by atoms with E-state index in [1.165, 1.54) is 0 Å². The van der Waals surface area contributed by atoms with E-state index < -0.39 is 11.0 Å². The Balaban J connectivity index is 2.63. The van der Waals surface area contributed by atoms with E-state index in [2.05, 4.69) is 5.32 Å². The Morgan fingerprint density at radius 2 is 1.93 bits per heavy atom. The smallest absolute Gasteiger partial charge is 0.311 e. The second kappa shape index (κ2) is 4.49. The number of piperidine rings is 1. The van der Waals surface area contributed by atoms with E-state index in [-0.39, 0.29) is 5.97 Å². The van der Waals surface area contributed by atoms with E-state index in [1.54, 1.807) is 0 Å². The molecule has 0 aromatic carbocycles. The maximum absolute atomic E-state index is 11.8. The standard InChI is InChI=1S/C11H22N2O2/c1-10(2,3)9(14)15-11(8-12)4-6-13-7-5-11/h13H,4-8,12H2,1-3H3. The van der Waals surface area contributed by atoms with E-state index in [9.17, 15) is 4.79 Å². The van der Waals surface area contributed by atoms with Gasteiger partial charge in [0.1, 0.15) is 5.60 Å². The lowest BCUT2D eigenvalue weighted by atomic mass is 9.90. The third-order valence-electron chi connectivity index (χ3n) is 2.81. The number of nitrogens with one attached hydrogen (secondary N) is 1. The molecule has 3 N–H and O–H groups in total. The number of hydrogen-bond acceptors (Lipinski definition) is 4. The highest BCUT2D eigenvalue weighted by Crippen LogP contribution is 2.26. The van der Waals surface area contributed by atoms with Crippen molar-refractivity contribution < 1.29 is 9.53 Å². The highest BCUT2D eigenvalue weighted by molar-refractivity contribution is 5.75. The number of carbonyl (C=O) groups is 1. The SMILES string of the molecule is CC(C)(C)C(=O)OC1(CN)CCNCC1. The van der Waals surface area contributed by atoms with Crippen LogP contribution in [0.15, 0.2) is 0 Å². The van der Waals surface area contributed by atoms with Gasteiger partial charge in [-0.1, -0.05) is 0 Å². The van der Waals surface area contributed by atoms with Gasteiger partial charge in [-0.3, -0.25) is 4.79 Å². The van der Waals surface area contributed by atoms with Gasteiger partial charge in [-0.05, 0) is 33.9 Å². The summed E-state index contributed by atoms with van der Waals surface area (Å²) in [5, 5.41) is 3.24. The topological polar surface area (TPSA) is 64.3 Å². The normalized spacial score (nSPS) is 21.1. The van der Waals surface area contributed by atoms with E-state index in [0.717, 1.165) is 25.9 Å². The molecule has 1 heterocycles. The zero-order valence-electron chi connectivity index (χ0n) is 9.93. The maximum Gasteiger partial charge on any atom is 0.311 e. The molecule has 0 aliphatic carbocycles. The molecule has 0 amide bonds. The van der Waals surface area contributed by atoms with Gasteiger partial charge in [-0.25, -0.2) is 0 Å². The Bertz CT molecular complexity index is 227. The highest BCUT2D eigenvalue weighted by Gasteiger charge is 2.37. The third-order valence-corrected chi connectivity index (χ3v) is 2.81. The van der Waals surface area contributed by atoms with Crippen molar-refractivity contribution in [1.29, 1.82) is 0 Å². The summed E-state index contributed by atoms with van der Waals surface area (Å²) in [6, 6.07) is 0. The summed E-state index contributed by atoms with van der Waals surface area (Å²) >= 11 is 0. The number of hydrogen-bond donors (Lipinski definition) is 2. The van der Waals surface area contributed by atoms with Crippen molar-refractivity contribution in [3.05, 3.63) is 0 Å². The van der Waals surface area contributed by atoms with Crippen LogP contribution in [0.4, 0.5) is 0 Å². The van der Waals surface area contributed by atoms with Crippen LogP contribution in [0.2, 0.25) is 0 Å². The molecule has 1 aliphatic heterocycles. The van der Waals surface area contributed by atoms with E-state index in [1.807, 2.05) is 20.8 Å². The maximum atomic E-state index is 11.8. The molecular weight excluding hydrogens is 192 g/mol. The van der Waals surface area contributed by atoms with E-state index in [0.29, 0.717) is 6.54 Å². The fourth-order valence-electron chi connectivity index (χ4n) is 1.58. The van der Waals surface area contributed by atoms with Crippen molar-refractivity contribution in [2.45, 2.75) is 39.2 Å². The summed E-state index contributed by atoms with van der Waals surface area (Å²) in [7, 11) is 0. The van der Waals surface area contributed by atoms with Crippen molar-refractivity contribution in [3.8, 4) is 0 Å². The molecule has 1 saturated heterocycles. The van der Waals surface area contributed by atoms with Crippen LogP contribution in [0.3, 0.4) is 0 Å². The number of rotatable bonds is 2. The van der Waals surface area contributed by atoms with Crippen LogP contribution in [0, 0.1) is 5.41 Å². The molecule has 0 saturated carbocycles. The Kier molecular flexibility index (Phi) is 3.73. The van der Waals surface area contributed by atoms with Crippen molar-refractivity contribution in [1.82, 2.24) is 5.32 Å². The molecule has 0 spiro atoms. The van der Waals surface area contributed by atoms with Gasteiger partial charge >= 0.3 is 5.97 Å². The molecule has 0 unspecified atom stereocenters. The van der Waals surface area contributed by atoms with Gasteiger partial charge in [0.25, 0.3) is 0 Å². The Morgan fingerprint density at radius 1 is 1.40 bits per heavy atom. The van der Waals surface area contributed by atoms with Crippen molar-refractivity contribution in [3.63, 3.8) is 0 Å². The molecule has 1 aliphatic rings. The average molecular weight is 214 g/mol. The molecule has 1 rings (SSSR count). The number of esters is 1. The first-order valence-corrected chi connectivity index (χ1v) is 5.54. The van der Waals surface area contributed by atoms with Gasteiger partial charge in [-0.15, -0.1) is 0 Å². The predicted octanol–water partition coefficient (Wildman–Crippen LogP) is 0.657. The molecule has 15 heavy (non-hydrogen) atoms. The molecule has 4 nitrogen and oxygen atoms in total. The van der Waals surface area contributed by atoms with E-state index >= 15 is 0 Å². The van der Waals surface area contributed by atoms with E-state index in [4.69, 9.17) is 10.5 Å². The minimum absolute atomic E-state index is 0.158. The molecule has 0 aromatic rings. The minimum Gasteiger partial charge on any atom is -0.457 e. The molecule has 0 atom stereocenters. The zero-order chi connectivity index (χ0) is 11.5. The van der Waals surface area contributed by atoms with Crippen LogP contribution >= 0.6 is 0 Å². The number of carbonyl (C=O) groups excluding carboxylic acids is 1.